The molecule has 4 rings (SSSR count). The largest absolute Gasteiger partial charge is 0.456 e. The predicted octanol–water partition coefficient (Wildman–Crippen LogP) is 4.57. The third-order valence-corrected chi connectivity index (χ3v) is 5.32. The summed E-state index contributed by atoms with van der Waals surface area (Å²) in [6.45, 7) is -0.127. The molecule has 0 aliphatic rings. The van der Waals surface area contributed by atoms with E-state index >= 15 is 0 Å². The molecule has 0 fully saturated rings. The number of carbonyl (C=O) groups is 1. The number of aromatic nitrogens is 2. The predicted molar refractivity (Wildman–Crippen MR) is 102 cm³/mol. The van der Waals surface area contributed by atoms with Crippen LogP contribution in [0.25, 0.3) is 15.2 Å². The molecule has 130 valence electrons. The number of rotatable bonds is 3. The van der Waals surface area contributed by atoms with Gasteiger partial charge in [-0.1, -0.05) is 46.7 Å². The average Bonchev–Trinajstić information content (AvgIpc) is 2.98. The number of hydrogen-bond donors (Lipinski definition) is 0. The highest BCUT2D eigenvalue weighted by Crippen LogP contribution is 2.24. The zero-order chi connectivity index (χ0) is 18.3. The van der Waals surface area contributed by atoms with Crippen molar-refractivity contribution in [3.05, 3.63) is 80.2 Å². The second-order valence-electron chi connectivity index (χ2n) is 5.47. The Hall–Kier alpha value is -2.41. The van der Waals surface area contributed by atoms with E-state index in [0.717, 1.165) is 10.2 Å². The number of thiazole rings is 1. The Morgan fingerprint density at radius 1 is 1.15 bits per heavy atom. The number of esters is 1. The van der Waals surface area contributed by atoms with Crippen molar-refractivity contribution in [3.63, 3.8) is 0 Å². The molecular weight excluding hydrogens is 395 g/mol. The highest BCUT2D eigenvalue weighted by Gasteiger charge is 2.14. The van der Waals surface area contributed by atoms with Crippen LogP contribution in [0, 0.1) is 0 Å². The maximum absolute atomic E-state index is 12.4. The third kappa shape index (κ3) is 3.07. The molecule has 0 aliphatic carbocycles. The third-order valence-electron chi connectivity index (χ3n) is 3.75. The summed E-state index contributed by atoms with van der Waals surface area (Å²) in [7, 11) is 0. The number of ether oxygens (including phenoxy) is 1. The fourth-order valence-electron chi connectivity index (χ4n) is 2.57. The Morgan fingerprint density at radius 2 is 1.96 bits per heavy atom. The number of benzene rings is 2. The van der Waals surface area contributed by atoms with Gasteiger partial charge in [-0.05, 0) is 30.3 Å². The van der Waals surface area contributed by atoms with Crippen molar-refractivity contribution < 1.29 is 9.53 Å². The van der Waals surface area contributed by atoms with Crippen molar-refractivity contribution >= 4 is 55.7 Å². The van der Waals surface area contributed by atoms with Gasteiger partial charge >= 0.3 is 5.97 Å². The fraction of sp³-hybridized carbons (Fsp3) is 0.0556. The summed E-state index contributed by atoms with van der Waals surface area (Å²) in [5.41, 5.74) is 1.17. The lowest BCUT2D eigenvalue weighted by atomic mass is 10.2. The first-order chi connectivity index (χ1) is 12.5. The van der Waals surface area contributed by atoms with Gasteiger partial charge in [-0.2, -0.15) is 0 Å². The van der Waals surface area contributed by atoms with E-state index in [2.05, 4.69) is 4.98 Å². The number of fused-ring (bicyclic) bond motifs is 3. The number of carbonyl (C=O) groups excluding carboxylic acids is 1. The average molecular weight is 405 g/mol. The van der Waals surface area contributed by atoms with Crippen LogP contribution in [0.2, 0.25) is 10.0 Å². The summed E-state index contributed by atoms with van der Waals surface area (Å²) in [6.07, 6.45) is 0. The summed E-state index contributed by atoms with van der Waals surface area (Å²) < 4.78 is 7.74. The first-order valence-electron chi connectivity index (χ1n) is 7.55. The minimum absolute atomic E-state index is 0.127. The highest BCUT2D eigenvalue weighted by atomic mass is 35.5. The van der Waals surface area contributed by atoms with Crippen molar-refractivity contribution in [1.82, 2.24) is 9.38 Å². The molecule has 0 unspecified atom stereocenters. The smallest absolute Gasteiger partial charge is 0.340 e. The quantitative estimate of drug-likeness (QED) is 0.469. The second kappa shape index (κ2) is 6.72. The molecule has 0 saturated heterocycles. The molecule has 0 spiro atoms. The van der Waals surface area contributed by atoms with Gasteiger partial charge in [-0.3, -0.25) is 9.20 Å². The van der Waals surface area contributed by atoms with E-state index in [4.69, 9.17) is 27.9 Å². The fourth-order valence-corrected chi connectivity index (χ4v) is 4.10. The number of para-hydroxylation sites is 1. The number of halogens is 2. The molecule has 0 amide bonds. The number of nitrogens with zero attached hydrogens (tertiary/aromatic N) is 2. The lowest BCUT2D eigenvalue weighted by Gasteiger charge is -2.06. The molecule has 2 heterocycles. The van der Waals surface area contributed by atoms with Crippen molar-refractivity contribution in [1.29, 1.82) is 0 Å². The topological polar surface area (TPSA) is 60.7 Å². The highest BCUT2D eigenvalue weighted by molar-refractivity contribution is 7.23. The zero-order valence-corrected chi connectivity index (χ0v) is 15.4. The first kappa shape index (κ1) is 17.0. The van der Waals surface area contributed by atoms with E-state index in [0.29, 0.717) is 15.7 Å². The molecule has 5 nitrogen and oxygen atoms in total. The van der Waals surface area contributed by atoms with Gasteiger partial charge < -0.3 is 4.74 Å². The van der Waals surface area contributed by atoms with E-state index in [1.807, 2.05) is 24.3 Å². The molecule has 0 bridgehead atoms. The van der Waals surface area contributed by atoms with Crippen LogP contribution < -0.4 is 5.56 Å². The van der Waals surface area contributed by atoms with Gasteiger partial charge in [0.2, 0.25) is 0 Å². The molecular formula is C18H10Cl2N2O3S. The van der Waals surface area contributed by atoms with Crippen molar-refractivity contribution in [2.75, 3.05) is 0 Å². The van der Waals surface area contributed by atoms with E-state index < -0.39 is 5.97 Å². The van der Waals surface area contributed by atoms with Crippen molar-refractivity contribution in [2.45, 2.75) is 6.61 Å². The van der Waals surface area contributed by atoms with Crippen LogP contribution in [0.3, 0.4) is 0 Å². The normalized spacial score (nSPS) is 11.2. The van der Waals surface area contributed by atoms with Crippen LogP contribution in [0.1, 0.15) is 16.1 Å². The molecule has 0 atom stereocenters. The summed E-state index contributed by atoms with van der Waals surface area (Å²) in [5, 5.41) is 0.631. The van der Waals surface area contributed by atoms with E-state index in [1.165, 1.54) is 29.5 Å². The standard InChI is InChI=1S/C18H10Cl2N2O3S/c19-10-5-6-12(13(20)7-10)17(24)25-9-11-8-16(23)22-14-3-1-2-4-15(14)26-18(22)21-11/h1-8H,9H2. The van der Waals surface area contributed by atoms with E-state index in [-0.39, 0.29) is 22.8 Å². The Bertz CT molecular complexity index is 1220. The lowest BCUT2D eigenvalue weighted by molar-refractivity contribution is 0.0468. The molecule has 0 aliphatic heterocycles. The Balaban J connectivity index is 1.62. The summed E-state index contributed by atoms with van der Waals surface area (Å²) in [4.78, 5) is 29.6. The molecule has 0 saturated carbocycles. The van der Waals surface area contributed by atoms with Gasteiger partial charge in [-0.15, -0.1) is 0 Å². The summed E-state index contributed by atoms with van der Waals surface area (Å²) in [6, 6.07) is 13.4. The molecule has 26 heavy (non-hydrogen) atoms. The van der Waals surface area contributed by atoms with Gasteiger partial charge in [0.05, 0.1) is 26.5 Å². The molecule has 2 aromatic carbocycles. The Kier molecular flexibility index (Phi) is 4.40. The zero-order valence-electron chi connectivity index (χ0n) is 13.1. The summed E-state index contributed by atoms with van der Waals surface area (Å²) in [5.74, 6) is -0.606. The van der Waals surface area contributed by atoms with Crippen molar-refractivity contribution in [3.8, 4) is 0 Å². The monoisotopic (exact) mass is 404 g/mol. The molecule has 4 aromatic rings. The van der Waals surface area contributed by atoms with Gasteiger partial charge in [0, 0.05) is 11.1 Å². The van der Waals surface area contributed by atoms with Crippen LogP contribution in [0.5, 0.6) is 0 Å². The van der Waals surface area contributed by atoms with Gasteiger partial charge in [0.15, 0.2) is 4.96 Å². The van der Waals surface area contributed by atoms with Crippen LogP contribution in [0.4, 0.5) is 0 Å². The Morgan fingerprint density at radius 3 is 2.77 bits per heavy atom. The maximum Gasteiger partial charge on any atom is 0.340 e. The van der Waals surface area contributed by atoms with Gasteiger partial charge in [0.1, 0.15) is 6.61 Å². The Labute approximate surface area is 161 Å². The van der Waals surface area contributed by atoms with Crippen LogP contribution in [-0.2, 0) is 11.3 Å². The first-order valence-corrected chi connectivity index (χ1v) is 9.12. The SMILES string of the molecule is O=C(OCc1cc(=O)n2c(n1)sc1ccccc12)c1ccc(Cl)cc1Cl. The van der Waals surface area contributed by atoms with Crippen LogP contribution in [-0.4, -0.2) is 15.4 Å². The van der Waals surface area contributed by atoms with Crippen LogP contribution in [0.15, 0.2) is 53.3 Å². The molecule has 8 heteroatoms. The molecule has 0 radical (unpaired) electrons. The van der Waals surface area contributed by atoms with E-state index in [1.54, 1.807) is 10.5 Å². The molecule has 2 aromatic heterocycles. The minimum atomic E-state index is -0.606. The second-order valence-corrected chi connectivity index (χ2v) is 7.33. The van der Waals surface area contributed by atoms with E-state index in [9.17, 15) is 9.59 Å². The van der Waals surface area contributed by atoms with Gasteiger partial charge in [-0.25, -0.2) is 9.78 Å². The molecule has 0 N–H and O–H groups in total. The van der Waals surface area contributed by atoms with Crippen molar-refractivity contribution in [2.24, 2.45) is 0 Å². The lowest BCUT2D eigenvalue weighted by Crippen LogP contribution is -2.15. The van der Waals surface area contributed by atoms with Crippen LogP contribution >= 0.6 is 34.5 Å². The summed E-state index contributed by atoms with van der Waals surface area (Å²) >= 11 is 13.2. The van der Waals surface area contributed by atoms with Gasteiger partial charge in [0.25, 0.3) is 5.56 Å². The number of hydrogen-bond acceptors (Lipinski definition) is 5. The minimum Gasteiger partial charge on any atom is -0.456 e. The maximum atomic E-state index is 12.4.